The molecule has 0 aliphatic carbocycles. The Morgan fingerprint density at radius 1 is 1.37 bits per heavy atom. The first-order chi connectivity index (χ1) is 9.08. The number of methoxy groups -OCH3 is 1. The van der Waals surface area contributed by atoms with Crippen molar-refractivity contribution in [3.63, 3.8) is 0 Å². The Hall–Kier alpha value is -1.75. The summed E-state index contributed by atoms with van der Waals surface area (Å²) in [5, 5.41) is 3.33. The lowest BCUT2D eigenvalue weighted by Gasteiger charge is -2.15. The van der Waals surface area contributed by atoms with E-state index in [-0.39, 0.29) is 6.04 Å². The molecular formula is C14H19N3OS. The van der Waals surface area contributed by atoms with Crippen LogP contribution in [-0.4, -0.2) is 18.1 Å². The Bertz CT molecular complexity index is 553. The fourth-order valence-corrected chi connectivity index (χ4v) is 2.88. The van der Waals surface area contributed by atoms with E-state index < -0.39 is 0 Å². The van der Waals surface area contributed by atoms with Gasteiger partial charge in [0.15, 0.2) is 5.82 Å². The van der Waals surface area contributed by atoms with Gasteiger partial charge in [0.2, 0.25) is 5.88 Å². The second-order valence-electron chi connectivity index (χ2n) is 4.55. The van der Waals surface area contributed by atoms with Gasteiger partial charge in [-0.1, -0.05) is 0 Å². The Balaban J connectivity index is 2.03. The van der Waals surface area contributed by atoms with E-state index in [1.54, 1.807) is 19.2 Å². The number of hydrogen-bond acceptors (Lipinski definition) is 5. The van der Waals surface area contributed by atoms with Crippen molar-refractivity contribution >= 4 is 22.8 Å². The van der Waals surface area contributed by atoms with E-state index in [4.69, 9.17) is 10.5 Å². The van der Waals surface area contributed by atoms with Crippen LogP contribution in [0.4, 0.5) is 11.5 Å². The van der Waals surface area contributed by atoms with Gasteiger partial charge < -0.3 is 15.8 Å². The van der Waals surface area contributed by atoms with E-state index in [0.29, 0.717) is 17.4 Å². The van der Waals surface area contributed by atoms with E-state index >= 15 is 0 Å². The van der Waals surface area contributed by atoms with Crippen LogP contribution in [0.2, 0.25) is 0 Å². The molecule has 0 amide bonds. The molecule has 1 unspecified atom stereocenters. The van der Waals surface area contributed by atoms with E-state index in [1.807, 2.05) is 11.3 Å². The first kappa shape index (κ1) is 13.7. The Morgan fingerprint density at radius 3 is 2.79 bits per heavy atom. The predicted octanol–water partition coefficient (Wildman–Crippen LogP) is 3.09. The average Bonchev–Trinajstić information content (AvgIpc) is 2.77. The van der Waals surface area contributed by atoms with Gasteiger partial charge in [0.25, 0.3) is 0 Å². The van der Waals surface area contributed by atoms with Gasteiger partial charge in [-0.05, 0) is 32.0 Å². The molecular weight excluding hydrogens is 258 g/mol. The normalized spacial score (nSPS) is 12.2. The van der Waals surface area contributed by atoms with Crippen LogP contribution in [0.5, 0.6) is 5.88 Å². The highest BCUT2D eigenvalue weighted by atomic mass is 32.1. The van der Waals surface area contributed by atoms with E-state index in [0.717, 1.165) is 6.42 Å². The zero-order chi connectivity index (χ0) is 13.8. The Morgan fingerprint density at radius 2 is 2.16 bits per heavy atom. The number of pyridine rings is 1. The number of aromatic nitrogens is 1. The number of thiophene rings is 1. The monoisotopic (exact) mass is 277 g/mol. The van der Waals surface area contributed by atoms with Gasteiger partial charge in [0.1, 0.15) is 0 Å². The number of rotatable bonds is 5. The molecule has 0 bridgehead atoms. The van der Waals surface area contributed by atoms with Crippen LogP contribution in [0.3, 0.4) is 0 Å². The van der Waals surface area contributed by atoms with Crippen LogP contribution >= 0.6 is 11.3 Å². The quantitative estimate of drug-likeness (QED) is 0.881. The van der Waals surface area contributed by atoms with Crippen LogP contribution in [0.15, 0.2) is 24.3 Å². The van der Waals surface area contributed by atoms with E-state index in [2.05, 4.69) is 36.3 Å². The zero-order valence-electron chi connectivity index (χ0n) is 11.4. The third kappa shape index (κ3) is 3.61. The Labute approximate surface area is 117 Å². The van der Waals surface area contributed by atoms with Gasteiger partial charge in [-0.25, -0.2) is 0 Å². The van der Waals surface area contributed by atoms with Crippen molar-refractivity contribution in [1.82, 2.24) is 4.98 Å². The molecule has 0 saturated heterocycles. The summed E-state index contributed by atoms with van der Waals surface area (Å²) < 4.78 is 5.11. The van der Waals surface area contributed by atoms with Gasteiger partial charge in [0.05, 0.1) is 12.8 Å². The van der Waals surface area contributed by atoms with Crippen molar-refractivity contribution in [2.24, 2.45) is 0 Å². The highest BCUT2D eigenvalue weighted by Crippen LogP contribution is 2.22. The third-order valence-electron chi connectivity index (χ3n) is 2.80. The molecule has 102 valence electrons. The molecule has 19 heavy (non-hydrogen) atoms. The maximum atomic E-state index is 5.91. The van der Waals surface area contributed by atoms with Gasteiger partial charge >= 0.3 is 0 Å². The Kier molecular flexibility index (Phi) is 4.27. The molecule has 0 aromatic carbocycles. The van der Waals surface area contributed by atoms with Gasteiger partial charge in [0, 0.05) is 28.3 Å². The summed E-state index contributed by atoms with van der Waals surface area (Å²) in [4.78, 5) is 7.02. The number of nitrogen functional groups attached to an aromatic ring is 1. The number of nitrogens with zero attached hydrogens (tertiary/aromatic N) is 1. The first-order valence-electron chi connectivity index (χ1n) is 6.21. The van der Waals surface area contributed by atoms with E-state index in [1.165, 1.54) is 9.75 Å². The van der Waals surface area contributed by atoms with Crippen LogP contribution in [0, 0.1) is 6.92 Å². The smallest absolute Gasteiger partial charge is 0.215 e. The van der Waals surface area contributed by atoms with Crippen LogP contribution in [0.1, 0.15) is 16.7 Å². The number of anilines is 2. The molecule has 0 saturated carbocycles. The number of ether oxygens (including phenoxy) is 1. The second kappa shape index (κ2) is 5.93. The van der Waals surface area contributed by atoms with Gasteiger partial charge in [-0.2, -0.15) is 4.98 Å². The minimum atomic E-state index is 0.264. The third-order valence-corrected chi connectivity index (χ3v) is 3.82. The molecule has 1 atom stereocenters. The SMILES string of the molecule is COc1ccc(N)c(NC(C)Cc2ccc(C)s2)n1. The first-order valence-corrected chi connectivity index (χ1v) is 7.02. The second-order valence-corrected chi connectivity index (χ2v) is 5.93. The molecule has 4 nitrogen and oxygen atoms in total. The zero-order valence-corrected chi connectivity index (χ0v) is 12.3. The van der Waals surface area contributed by atoms with Crippen LogP contribution in [0.25, 0.3) is 0 Å². The standard InChI is InChI=1S/C14H19N3OS/c1-9(8-11-5-4-10(2)19-11)16-14-12(15)6-7-13(17-14)18-3/h4-7,9H,8,15H2,1-3H3,(H,16,17). The fraction of sp³-hybridized carbons (Fsp3) is 0.357. The van der Waals surface area contributed by atoms with Crippen molar-refractivity contribution in [2.75, 3.05) is 18.2 Å². The number of aryl methyl sites for hydroxylation is 1. The summed E-state index contributed by atoms with van der Waals surface area (Å²) in [6, 6.07) is 8.13. The van der Waals surface area contributed by atoms with Crippen molar-refractivity contribution in [3.05, 3.63) is 34.0 Å². The molecule has 0 radical (unpaired) electrons. The summed E-state index contributed by atoms with van der Waals surface area (Å²) in [5.41, 5.74) is 6.55. The molecule has 5 heteroatoms. The maximum absolute atomic E-state index is 5.91. The molecule has 2 aromatic rings. The maximum Gasteiger partial charge on any atom is 0.215 e. The lowest BCUT2D eigenvalue weighted by atomic mass is 10.2. The number of nitrogens with one attached hydrogen (secondary N) is 1. The van der Waals surface area contributed by atoms with Gasteiger partial charge in [-0.15, -0.1) is 11.3 Å². The van der Waals surface area contributed by atoms with Gasteiger partial charge in [-0.3, -0.25) is 0 Å². The number of hydrogen-bond donors (Lipinski definition) is 2. The molecule has 2 heterocycles. The molecule has 2 aromatic heterocycles. The minimum absolute atomic E-state index is 0.264. The summed E-state index contributed by atoms with van der Waals surface area (Å²) in [5.74, 6) is 1.25. The lowest BCUT2D eigenvalue weighted by molar-refractivity contribution is 0.398. The summed E-state index contributed by atoms with van der Waals surface area (Å²) in [6.07, 6.45) is 0.955. The van der Waals surface area contributed by atoms with E-state index in [9.17, 15) is 0 Å². The molecule has 0 fully saturated rings. The molecule has 3 N–H and O–H groups in total. The number of nitrogens with two attached hydrogens (primary N) is 1. The predicted molar refractivity (Wildman–Crippen MR) is 81.0 cm³/mol. The highest BCUT2D eigenvalue weighted by Gasteiger charge is 2.09. The van der Waals surface area contributed by atoms with Crippen molar-refractivity contribution in [2.45, 2.75) is 26.3 Å². The van der Waals surface area contributed by atoms with Crippen LogP contribution < -0.4 is 15.8 Å². The lowest BCUT2D eigenvalue weighted by Crippen LogP contribution is -2.19. The molecule has 2 rings (SSSR count). The van der Waals surface area contributed by atoms with Crippen LogP contribution in [-0.2, 0) is 6.42 Å². The molecule has 0 spiro atoms. The van der Waals surface area contributed by atoms with Crippen molar-refractivity contribution < 1.29 is 4.74 Å². The summed E-state index contributed by atoms with van der Waals surface area (Å²) >= 11 is 1.82. The average molecular weight is 277 g/mol. The largest absolute Gasteiger partial charge is 0.481 e. The molecule has 0 aliphatic rings. The topological polar surface area (TPSA) is 60.2 Å². The van der Waals surface area contributed by atoms with Crippen molar-refractivity contribution in [3.8, 4) is 5.88 Å². The fourth-order valence-electron chi connectivity index (χ4n) is 1.86. The highest BCUT2D eigenvalue weighted by molar-refractivity contribution is 7.11. The minimum Gasteiger partial charge on any atom is -0.481 e. The molecule has 0 aliphatic heterocycles. The van der Waals surface area contributed by atoms with Crippen molar-refractivity contribution in [1.29, 1.82) is 0 Å². The summed E-state index contributed by atoms with van der Waals surface area (Å²) in [6.45, 7) is 4.24. The summed E-state index contributed by atoms with van der Waals surface area (Å²) in [7, 11) is 1.60.